The first-order valence-electron chi connectivity index (χ1n) is 8.57. The quantitative estimate of drug-likeness (QED) is 0.692. The van der Waals surface area contributed by atoms with Gasteiger partial charge in [0.1, 0.15) is 5.82 Å². The minimum atomic E-state index is -0.340. The number of rotatable bonds is 7. The fourth-order valence-electron chi connectivity index (χ4n) is 2.80. The van der Waals surface area contributed by atoms with E-state index >= 15 is 0 Å². The lowest BCUT2D eigenvalue weighted by atomic mass is 10.1. The molecule has 0 radical (unpaired) electrons. The van der Waals surface area contributed by atoms with E-state index in [2.05, 4.69) is 10.4 Å². The maximum atomic E-state index is 13.0. The van der Waals surface area contributed by atoms with E-state index in [4.69, 9.17) is 4.74 Å². The van der Waals surface area contributed by atoms with Gasteiger partial charge >= 0.3 is 0 Å². The Bertz CT molecular complexity index is 1000. The minimum absolute atomic E-state index is 0.140. The fourth-order valence-corrected chi connectivity index (χ4v) is 2.80. The van der Waals surface area contributed by atoms with Gasteiger partial charge in [-0.15, -0.1) is 0 Å². The zero-order valence-corrected chi connectivity index (χ0v) is 14.9. The van der Waals surface area contributed by atoms with Gasteiger partial charge in [0.2, 0.25) is 5.91 Å². The molecule has 27 heavy (non-hydrogen) atoms. The van der Waals surface area contributed by atoms with Crippen molar-refractivity contribution in [2.24, 2.45) is 0 Å². The van der Waals surface area contributed by atoms with E-state index in [1.165, 1.54) is 16.8 Å². The number of nitrogens with zero attached hydrogens (tertiary/aromatic N) is 2. The van der Waals surface area contributed by atoms with Gasteiger partial charge in [-0.3, -0.25) is 9.59 Å². The van der Waals surface area contributed by atoms with Gasteiger partial charge in [-0.2, -0.15) is 5.10 Å². The largest absolute Gasteiger partial charge is 0.383 e. The van der Waals surface area contributed by atoms with Crippen LogP contribution in [0.5, 0.6) is 0 Å². The smallest absolute Gasteiger partial charge is 0.274 e. The topological polar surface area (TPSA) is 73.2 Å². The number of benzene rings is 2. The van der Waals surface area contributed by atoms with Crippen molar-refractivity contribution in [1.82, 2.24) is 15.1 Å². The summed E-state index contributed by atoms with van der Waals surface area (Å²) < 4.78 is 19.3. The second kappa shape index (κ2) is 8.55. The van der Waals surface area contributed by atoms with Crippen molar-refractivity contribution in [2.75, 3.05) is 13.7 Å². The van der Waals surface area contributed by atoms with Gasteiger partial charge in [-0.1, -0.05) is 30.3 Å². The number of carbonyl (C=O) groups excluding carboxylic acids is 1. The summed E-state index contributed by atoms with van der Waals surface area (Å²) in [5.41, 5.74) is 1.13. The number of halogens is 1. The summed E-state index contributed by atoms with van der Waals surface area (Å²) in [5, 5.41) is 8.46. The van der Waals surface area contributed by atoms with Crippen molar-refractivity contribution >= 4 is 16.7 Å². The molecule has 0 aliphatic rings. The lowest BCUT2D eigenvalue weighted by Crippen LogP contribution is -2.30. The highest BCUT2D eigenvalue weighted by Gasteiger charge is 2.11. The highest BCUT2D eigenvalue weighted by molar-refractivity contribution is 5.84. The van der Waals surface area contributed by atoms with E-state index in [0.29, 0.717) is 29.6 Å². The summed E-state index contributed by atoms with van der Waals surface area (Å²) in [5.74, 6) is -0.546. The molecule has 0 bridgehead atoms. The monoisotopic (exact) mass is 369 g/mol. The van der Waals surface area contributed by atoms with Crippen molar-refractivity contribution in [2.45, 2.75) is 19.5 Å². The van der Waals surface area contributed by atoms with Gasteiger partial charge in [-0.05, 0) is 23.8 Å². The predicted molar refractivity (Wildman–Crippen MR) is 99.8 cm³/mol. The van der Waals surface area contributed by atoms with Crippen molar-refractivity contribution in [3.8, 4) is 0 Å². The van der Waals surface area contributed by atoms with Crippen LogP contribution in [0.25, 0.3) is 10.8 Å². The number of fused-ring (bicyclic) bond motifs is 1. The maximum absolute atomic E-state index is 13.0. The Morgan fingerprint density at radius 3 is 2.56 bits per heavy atom. The molecule has 0 spiro atoms. The number of hydrogen-bond acceptors (Lipinski definition) is 4. The molecule has 1 amide bonds. The van der Waals surface area contributed by atoms with E-state index in [9.17, 15) is 14.0 Å². The molecule has 0 aliphatic heterocycles. The van der Waals surface area contributed by atoms with Crippen LogP contribution in [0.4, 0.5) is 4.39 Å². The first kappa shape index (κ1) is 18.7. The minimum Gasteiger partial charge on any atom is -0.383 e. The zero-order chi connectivity index (χ0) is 19.2. The molecule has 0 unspecified atom stereocenters. The Morgan fingerprint density at radius 2 is 1.85 bits per heavy atom. The first-order valence-corrected chi connectivity index (χ1v) is 8.57. The van der Waals surface area contributed by atoms with Crippen LogP contribution in [-0.2, 0) is 29.0 Å². The SMILES string of the molecule is COCCn1nc(CNC(=O)Cc2ccc(F)cc2)c2ccccc2c1=O. The molecule has 2 aromatic carbocycles. The van der Waals surface area contributed by atoms with E-state index in [1.54, 1.807) is 31.4 Å². The van der Waals surface area contributed by atoms with Crippen LogP contribution in [0.15, 0.2) is 53.3 Å². The number of amides is 1. The van der Waals surface area contributed by atoms with Gasteiger partial charge in [0, 0.05) is 12.5 Å². The molecule has 1 heterocycles. The maximum Gasteiger partial charge on any atom is 0.274 e. The van der Waals surface area contributed by atoms with Gasteiger partial charge < -0.3 is 10.1 Å². The Balaban J connectivity index is 1.79. The lowest BCUT2D eigenvalue weighted by molar-refractivity contribution is -0.120. The standard InChI is InChI=1S/C20H20FN3O3/c1-27-11-10-24-20(26)17-5-3-2-4-16(17)18(23-24)13-22-19(25)12-14-6-8-15(21)9-7-14/h2-9H,10-13H2,1H3,(H,22,25). The Labute approximate surface area is 155 Å². The van der Waals surface area contributed by atoms with E-state index in [0.717, 1.165) is 5.56 Å². The molecular weight excluding hydrogens is 349 g/mol. The third-order valence-corrected chi connectivity index (χ3v) is 4.18. The number of nitrogens with one attached hydrogen (secondary N) is 1. The summed E-state index contributed by atoms with van der Waals surface area (Å²) in [6.07, 6.45) is 0.140. The van der Waals surface area contributed by atoms with Crippen LogP contribution in [0.3, 0.4) is 0 Å². The second-order valence-electron chi connectivity index (χ2n) is 6.09. The number of aromatic nitrogens is 2. The third-order valence-electron chi connectivity index (χ3n) is 4.18. The molecule has 140 valence electrons. The van der Waals surface area contributed by atoms with Gasteiger partial charge in [0.25, 0.3) is 5.56 Å². The molecule has 1 N–H and O–H groups in total. The van der Waals surface area contributed by atoms with Crippen LogP contribution in [-0.4, -0.2) is 29.4 Å². The highest BCUT2D eigenvalue weighted by Crippen LogP contribution is 2.13. The average Bonchev–Trinajstić information content (AvgIpc) is 2.68. The molecule has 0 fully saturated rings. The number of ether oxygens (including phenoxy) is 1. The Hall–Kier alpha value is -3.06. The van der Waals surface area contributed by atoms with E-state index in [-0.39, 0.29) is 30.2 Å². The highest BCUT2D eigenvalue weighted by atomic mass is 19.1. The van der Waals surface area contributed by atoms with Gasteiger partial charge in [-0.25, -0.2) is 9.07 Å². The average molecular weight is 369 g/mol. The molecular formula is C20H20FN3O3. The number of carbonyl (C=O) groups is 1. The van der Waals surface area contributed by atoms with Crippen molar-refractivity contribution in [1.29, 1.82) is 0 Å². The van der Waals surface area contributed by atoms with Crippen molar-refractivity contribution in [3.63, 3.8) is 0 Å². The lowest BCUT2D eigenvalue weighted by Gasteiger charge is -2.11. The zero-order valence-electron chi connectivity index (χ0n) is 14.9. The molecule has 0 aliphatic carbocycles. The molecule has 1 aromatic heterocycles. The van der Waals surface area contributed by atoms with Crippen molar-refractivity contribution < 1.29 is 13.9 Å². The van der Waals surface area contributed by atoms with E-state index in [1.807, 2.05) is 12.1 Å². The molecule has 0 saturated carbocycles. The molecule has 0 atom stereocenters. The molecule has 3 aromatic rings. The summed E-state index contributed by atoms with van der Waals surface area (Å²) in [6.45, 7) is 0.881. The van der Waals surface area contributed by atoms with Crippen LogP contribution in [0.2, 0.25) is 0 Å². The molecule has 3 rings (SSSR count). The number of methoxy groups -OCH3 is 1. The first-order chi connectivity index (χ1) is 13.1. The summed E-state index contributed by atoms with van der Waals surface area (Å²) in [7, 11) is 1.56. The summed E-state index contributed by atoms with van der Waals surface area (Å²) in [4.78, 5) is 24.7. The predicted octanol–water partition coefficient (Wildman–Crippen LogP) is 2.04. The summed E-state index contributed by atoms with van der Waals surface area (Å²) >= 11 is 0. The number of hydrogen-bond donors (Lipinski definition) is 1. The third kappa shape index (κ3) is 4.57. The Morgan fingerprint density at radius 1 is 1.15 bits per heavy atom. The second-order valence-corrected chi connectivity index (χ2v) is 6.09. The Kier molecular flexibility index (Phi) is 5.93. The van der Waals surface area contributed by atoms with Crippen molar-refractivity contribution in [3.05, 3.63) is 76.0 Å². The van der Waals surface area contributed by atoms with Crippen LogP contribution in [0, 0.1) is 5.82 Å². The molecule has 6 nitrogen and oxygen atoms in total. The normalized spacial score (nSPS) is 10.9. The van der Waals surface area contributed by atoms with E-state index < -0.39 is 0 Å². The molecule has 7 heteroatoms. The van der Waals surface area contributed by atoms with Gasteiger partial charge in [0.05, 0.1) is 37.2 Å². The summed E-state index contributed by atoms with van der Waals surface area (Å²) in [6, 6.07) is 13.0. The van der Waals surface area contributed by atoms with Crippen LogP contribution >= 0.6 is 0 Å². The fraction of sp³-hybridized carbons (Fsp3) is 0.250. The molecule has 0 saturated heterocycles. The van der Waals surface area contributed by atoms with Crippen LogP contribution < -0.4 is 10.9 Å². The van der Waals surface area contributed by atoms with Crippen LogP contribution in [0.1, 0.15) is 11.3 Å². The van der Waals surface area contributed by atoms with Gasteiger partial charge in [0.15, 0.2) is 0 Å².